The monoisotopic (exact) mass is 438 g/mol. The molecule has 1 aliphatic carbocycles. The number of hydrogen-bond acceptors (Lipinski definition) is 5. The first kappa shape index (κ1) is 21.2. The van der Waals surface area contributed by atoms with Crippen molar-refractivity contribution in [2.75, 3.05) is 18.9 Å². The Hall–Kier alpha value is -3.00. The van der Waals surface area contributed by atoms with Crippen LogP contribution in [0.15, 0.2) is 29.1 Å². The second-order valence-electron chi connectivity index (χ2n) is 8.07. The third-order valence-electron chi connectivity index (χ3n) is 5.59. The number of likely N-dealkylation sites (N-methyl/N-ethyl adjacent to an activating group) is 1. The number of amides is 2. The molecule has 3 aromatic rings. The Kier molecular flexibility index (Phi) is 6.18. The second-order valence-corrected chi connectivity index (χ2v) is 9.15. The van der Waals surface area contributed by atoms with E-state index in [0.717, 1.165) is 47.0 Å². The van der Waals surface area contributed by atoms with Crippen molar-refractivity contribution in [2.45, 2.75) is 45.4 Å². The van der Waals surface area contributed by atoms with Crippen molar-refractivity contribution < 1.29 is 9.59 Å². The molecule has 0 aliphatic heterocycles. The van der Waals surface area contributed by atoms with Gasteiger partial charge in [-0.2, -0.15) is 0 Å². The topological polar surface area (TPSA) is 95.2 Å². The molecule has 1 aliphatic rings. The maximum atomic E-state index is 12.6. The minimum Gasteiger partial charge on any atom is -0.336 e. The molecule has 4 rings (SSSR count). The molecule has 2 amide bonds. The van der Waals surface area contributed by atoms with Crippen molar-refractivity contribution in [3.8, 4) is 0 Å². The van der Waals surface area contributed by atoms with Gasteiger partial charge < -0.3 is 15.2 Å². The molecule has 2 heterocycles. The van der Waals surface area contributed by atoms with Crippen LogP contribution in [0.3, 0.4) is 0 Å². The van der Waals surface area contributed by atoms with Gasteiger partial charge in [0.05, 0.1) is 11.9 Å². The molecule has 0 saturated heterocycles. The van der Waals surface area contributed by atoms with Crippen molar-refractivity contribution >= 4 is 39.1 Å². The SMILES string of the molecule is Cc1ccc(NC(=O)CN(C)C(=O)CCc2nc3sc4c(c3c(=O)[nH]2)CCCC4)cc1. The number of hydrogen-bond donors (Lipinski definition) is 2. The molecule has 31 heavy (non-hydrogen) atoms. The lowest BCUT2D eigenvalue weighted by Crippen LogP contribution is -2.35. The van der Waals surface area contributed by atoms with Crippen LogP contribution in [0.2, 0.25) is 0 Å². The number of aromatic nitrogens is 2. The van der Waals surface area contributed by atoms with Gasteiger partial charge in [-0.05, 0) is 50.3 Å². The first-order valence-corrected chi connectivity index (χ1v) is 11.4. The third-order valence-corrected chi connectivity index (χ3v) is 6.78. The van der Waals surface area contributed by atoms with E-state index < -0.39 is 0 Å². The molecular weight excluding hydrogens is 412 g/mol. The largest absolute Gasteiger partial charge is 0.336 e. The Bertz CT molecular complexity index is 1180. The number of H-pyrrole nitrogens is 1. The zero-order chi connectivity index (χ0) is 22.0. The molecule has 0 unspecified atom stereocenters. The van der Waals surface area contributed by atoms with E-state index in [0.29, 0.717) is 17.9 Å². The number of benzene rings is 1. The minimum absolute atomic E-state index is 0.0344. The average Bonchev–Trinajstić information content (AvgIpc) is 3.12. The standard InChI is InChI=1S/C23H26N4O3S/c1-14-7-9-15(10-8-14)24-19(28)13-27(2)20(29)12-11-18-25-22(30)21-16-5-3-4-6-17(16)31-23(21)26-18/h7-10H,3-6,11-13H2,1-2H3,(H,24,28)(H,25,26,30). The summed E-state index contributed by atoms with van der Waals surface area (Å²) in [5.74, 6) is 0.0889. The third kappa shape index (κ3) is 4.85. The number of anilines is 1. The van der Waals surface area contributed by atoms with E-state index in [1.807, 2.05) is 31.2 Å². The summed E-state index contributed by atoms with van der Waals surface area (Å²) >= 11 is 1.60. The summed E-state index contributed by atoms with van der Waals surface area (Å²) in [6, 6.07) is 7.49. The predicted molar refractivity (Wildman–Crippen MR) is 123 cm³/mol. The number of nitrogens with zero attached hydrogens (tertiary/aromatic N) is 2. The highest BCUT2D eigenvalue weighted by Gasteiger charge is 2.20. The van der Waals surface area contributed by atoms with Gasteiger partial charge in [0.1, 0.15) is 10.7 Å². The summed E-state index contributed by atoms with van der Waals surface area (Å²) in [6.07, 6.45) is 4.72. The summed E-state index contributed by atoms with van der Waals surface area (Å²) in [5, 5.41) is 3.51. The Morgan fingerprint density at radius 3 is 2.71 bits per heavy atom. The van der Waals surface area contributed by atoms with Gasteiger partial charge in [-0.25, -0.2) is 4.98 Å². The van der Waals surface area contributed by atoms with Crippen molar-refractivity contribution in [3.63, 3.8) is 0 Å². The van der Waals surface area contributed by atoms with Crippen LogP contribution in [-0.2, 0) is 28.9 Å². The molecule has 8 heteroatoms. The van der Waals surface area contributed by atoms with Crippen molar-refractivity contribution in [1.29, 1.82) is 0 Å². The molecule has 0 bridgehead atoms. The number of carbonyl (C=O) groups is 2. The zero-order valence-corrected chi connectivity index (χ0v) is 18.6. The van der Waals surface area contributed by atoms with Gasteiger partial charge >= 0.3 is 0 Å². The number of aryl methyl sites for hydroxylation is 4. The normalized spacial score (nSPS) is 13.1. The lowest BCUT2D eigenvalue weighted by Gasteiger charge is -2.16. The smallest absolute Gasteiger partial charge is 0.259 e. The van der Waals surface area contributed by atoms with E-state index in [9.17, 15) is 14.4 Å². The number of aromatic amines is 1. The molecule has 0 radical (unpaired) electrons. The summed E-state index contributed by atoms with van der Waals surface area (Å²) in [6.45, 7) is 1.94. The maximum absolute atomic E-state index is 12.6. The Morgan fingerprint density at radius 2 is 1.94 bits per heavy atom. The number of carbonyl (C=O) groups excluding carboxylic acids is 2. The molecule has 0 atom stereocenters. The van der Waals surface area contributed by atoms with Gasteiger partial charge in [0, 0.05) is 30.5 Å². The fourth-order valence-electron chi connectivity index (χ4n) is 3.88. The number of nitrogens with one attached hydrogen (secondary N) is 2. The molecule has 2 aromatic heterocycles. The van der Waals surface area contributed by atoms with Crippen LogP contribution in [0.1, 0.15) is 41.1 Å². The maximum Gasteiger partial charge on any atom is 0.259 e. The summed E-state index contributed by atoms with van der Waals surface area (Å²) < 4.78 is 0. The van der Waals surface area contributed by atoms with Crippen LogP contribution in [0.4, 0.5) is 5.69 Å². The molecule has 162 valence electrons. The lowest BCUT2D eigenvalue weighted by atomic mass is 9.97. The minimum atomic E-state index is -0.253. The van der Waals surface area contributed by atoms with Crippen LogP contribution >= 0.6 is 11.3 Å². The lowest BCUT2D eigenvalue weighted by molar-refractivity contribution is -0.133. The number of thiophene rings is 1. The summed E-state index contributed by atoms with van der Waals surface area (Å²) in [7, 11) is 1.60. The highest BCUT2D eigenvalue weighted by Crippen LogP contribution is 2.33. The number of fused-ring (bicyclic) bond motifs is 3. The van der Waals surface area contributed by atoms with Gasteiger partial charge in [0.2, 0.25) is 11.8 Å². The van der Waals surface area contributed by atoms with Gasteiger partial charge in [0.25, 0.3) is 5.56 Å². The van der Waals surface area contributed by atoms with E-state index in [1.54, 1.807) is 18.4 Å². The van der Waals surface area contributed by atoms with Gasteiger partial charge in [-0.15, -0.1) is 11.3 Å². The second kappa shape index (κ2) is 9.01. The van der Waals surface area contributed by atoms with Crippen LogP contribution in [0.5, 0.6) is 0 Å². The van der Waals surface area contributed by atoms with Crippen molar-refractivity contribution in [1.82, 2.24) is 14.9 Å². The fourth-order valence-corrected chi connectivity index (χ4v) is 5.16. The molecule has 7 nitrogen and oxygen atoms in total. The fraction of sp³-hybridized carbons (Fsp3) is 0.391. The Balaban J connectivity index is 1.35. The molecule has 0 fully saturated rings. The highest BCUT2D eigenvalue weighted by molar-refractivity contribution is 7.18. The molecule has 1 aromatic carbocycles. The molecular formula is C23H26N4O3S. The van der Waals surface area contributed by atoms with Gasteiger partial charge in [-0.1, -0.05) is 17.7 Å². The highest BCUT2D eigenvalue weighted by atomic mass is 32.1. The first-order chi connectivity index (χ1) is 14.9. The molecule has 2 N–H and O–H groups in total. The van der Waals surface area contributed by atoms with Crippen molar-refractivity contribution in [3.05, 3.63) is 56.4 Å². The van der Waals surface area contributed by atoms with E-state index in [2.05, 4.69) is 15.3 Å². The van der Waals surface area contributed by atoms with Crippen LogP contribution in [0, 0.1) is 6.92 Å². The van der Waals surface area contributed by atoms with Crippen LogP contribution in [-0.4, -0.2) is 40.3 Å². The molecule has 0 saturated carbocycles. The van der Waals surface area contributed by atoms with Crippen LogP contribution in [0.25, 0.3) is 10.2 Å². The summed E-state index contributed by atoms with van der Waals surface area (Å²) in [4.78, 5) is 48.2. The quantitative estimate of drug-likeness (QED) is 0.618. The van der Waals surface area contributed by atoms with Crippen LogP contribution < -0.4 is 10.9 Å². The van der Waals surface area contributed by atoms with E-state index in [4.69, 9.17) is 0 Å². The Morgan fingerprint density at radius 1 is 1.19 bits per heavy atom. The average molecular weight is 439 g/mol. The van der Waals surface area contributed by atoms with Crippen molar-refractivity contribution in [2.24, 2.45) is 0 Å². The van der Waals surface area contributed by atoms with Gasteiger partial charge in [0.15, 0.2) is 0 Å². The zero-order valence-electron chi connectivity index (χ0n) is 17.8. The molecule has 0 spiro atoms. The van der Waals surface area contributed by atoms with E-state index >= 15 is 0 Å². The van der Waals surface area contributed by atoms with Gasteiger partial charge in [-0.3, -0.25) is 14.4 Å². The predicted octanol–water partition coefficient (Wildman–Crippen LogP) is 3.20. The van der Waals surface area contributed by atoms with E-state index in [-0.39, 0.29) is 30.3 Å². The number of rotatable bonds is 6. The Labute approximate surface area is 184 Å². The van der Waals surface area contributed by atoms with E-state index in [1.165, 1.54) is 9.78 Å². The first-order valence-electron chi connectivity index (χ1n) is 10.5. The summed E-state index contributed by atoms with van der Waals surface area (Å²) in [5.41, 5.74) is 2.85.